The van der Waals surface area contributed by atoms with Crippen molar-refractivity contribution in [3.05, 3.63) is 90.0 Å². The third-order valence-corrected chi connectivity index (χ3v) is 6.30. The molecule has 0 bridgehead atoms. The summed E-state index contributed by atoms with van der Waals surface area (Å²) in [5.41, 5.74) is 4.08. The van der Waals surface area contributed by atoms with Crippen LogP contribution in [0.1, 0.15) is 11.1 Å². The first-order valence-corrected chi connectivity index (χ1v) is 10.5. The van der Waals surface area contributed by atoms with Gasteiger partial charge in [-0.25, -0.2) is 4.98 Å². The van der Waals surface area contributed by atoms with Gasteiger partial charge in [-0.05, 0) is 29.3 Å². The highest BCUT2D eigenvalue weighted by molar-refractivity contribution is 8.00. The van der Waals surface area contributed by atoms with Gasteiger partial charge in [-0.3, -0.25) is 4.79 Å². The second-order valence-electron chi connectivity index (χ2n) is 6.15. The Morgan fingerprint density at radius 3 is 2.37 bits per heavy atom. The number of rotatable bonds is 6. The molecule has 0 aliphatic rings. The predicted molar refractivity (Wildman–Crippen MR) is 114 cm³/mol. The van der Waals surface area contributed by atoms with Crippen molar-refractivity contribution in [3.8, 4) is 0 Å². The highest BCUT2D eigenvalue weighted by Crippen LogP contribution is 2.32. The van der Waals surface area contributed by atoms with E-state index < -0.39 is 0 Å². The van der Waals surface area contributed by atoms with Crippen LogP contribution in [0.2, 0.25) is 0 Å². The molecule has 1 aromatic heterocycles. The molecule has 1 amide bonds. The summed E-state index contributed by atoms with van der Waals surface area (Å²) in [6.07, 6.45) is 0.375. The molecule has 4 aromatic rings. The van der Waals surface area contributed by atoms with Gasteiger partial charge >= 0.3 is 0 Å². The number of fused-ring (bicyclic) bond motifs is 1. The summed E-state index contributed by atoms with van der Waals surface area (Å²) in [6.45, 7) is 0. The molecule has 0 fully saturated rings. The van der Waals surface area contributed by atoms with Crippen molar-refractivity contribution in [1.29, 1.82) is 0 Å². The first-order valence-electron chi connectivity index (χ1n) is 8.67. The lowest BCUT2D eigenvalue weighted by Gasteiger charge is -2.05. The van der Waals surface area contributed by atoms with Gasteiger partial charge in [0.25, 0.3) is 0 Å². The van der Waals surface area contributed by atoms with Gasteiger partial charge in [0, 0.05) is 11.4 Å². The Morgan fingerprint density at radius 1 is 0.926 bits per heavy atom. The zero-order valence-corrected chi connectivity index (χ0v) is 16.2. The van der Waals surface area contributed by atoms with E-state index in [0.29, 0.717) is 6.42 Å². The predicted octanol–water partition coefficient (Wildman–Crippen LogP) is 5.77. The second kappa shape index (κ2) is 8.37. The number of thiazole rings is 1. The maximum atomic E-state index is 12.3. The molecule has 0 atom stereocenters. The highest BCUT2D eigenvalue weighted by atomic mass is 32.2. The number of carbonyl (C=O) groups excluding carboxylic acids is 1. The van der Waals surface area contributed by atoms with Crippen molar-refractivity contribution in [2.75, 3.05) is 5.32 Å². The lowest BCUT2D eigenvalue weighted by Crippen LogP contribution is -2.14. The van der Waals surface area contributed by atoms with E-state index in [1.165, 1.54) is 5.56 Å². The number of thioether (sulfide) groups is 1. The second-order valence-corrected chi connectivity index (χ2v) is 8.40. The fourth-order valence-corrected chi connectivity index (χ4v) is 4.81. The quantitative estimate of drug-likeness (QED) is 0.425. The zero-order chi connectivity index (χ0) is 18.5. The minimum Gasteiger partial charge on any atom is -0.326 e. The number of benzene rings is 3. The van der Waals surface area contributed by atoms with Gasteiger partial charge < -0.3 is 5.32 Å². The van der Waals surface area contributed by atoms with Crippen LogP contribution in [0.3, 0.4) is 0 Å². The van der Waals surface area contributed by atoms with Crippen LogP contribution in [-0.2, 0) is 17.0 Å². The molecule has 3 nitrogen and oxygen atoms in total. The Kier molecular flexibility index (Phi) is 5.51. The SMILES string of the molecule is O=C(Cc1ccccc1)Nc1ccc2nc(SCc3ccccc3)sc2c1. The minimum atomic E-state index is -0.0104. The molecule has 4 rings (SSSR count). The van der Waals surface area contributed by atoms with Crippen LogP contribution in [0.5, 0.6) is 0 Å². The largest absolute Gasteiger partial charge is 0.326 e. The van der Waals surface area contributed by atoms with E-state index >= 15 is 0 Å². The van der Waals surface area contributed by atoms with E-state index in [-0.39, 0.29) is 5.91 Å². The summed E-state index contributed by atoms with van der Waals surface area (Å²) < 4.78 is 2.13. The third-order valence-electron chi connectivity index (χ3n) is 4.07. The van der Waals surface area contributed by atoms with Gasteiger partial charge in [0.15, 0.2) is 4.34 Å². The van der Waals surface area contributed by atoms with E-state index in [1.807, 2.05) is 54.6 Å². The Morgan fingerprint density at radius 2 is 1.63 bits per heavy atom. The Hall–Kier alpha value is -2.63. The molecule has 0 saturated carbocycles. The molecule has 3 aromatic carbocycles. The van der Waals surface area contributed by atoms with Crippen LogP contribution in [0.4, 0.5) is 5.69 Å². The molecule has 134 valence electrons. The summed E-state index contributed by atoms with van der Waals surface area (Å²) in [6, 6.07) is 26.0. The Labute approximate surface area is 166 Å². The molecule has 0 unspecified atom stereocenters. The molecule has 1 N–H and O–H groups in total. The molecular weight excluding hydrogens is 372 g/mol. The van der Waals surface area contributed by atoms with Crippen molar-refractivity contribution in [2.24, 2.45) is 0 Å². The van der Waals surface area contributed by atoms with Gasteiger partial charge in [0.1, 0.15) is 0 Å². The summed E-state index contributed by atoms with van der Waals surface area (Å²) in [4.78, 5) is 16.9. The standard InChI is InChI=1S/C22H18N2OS2/c25-21(13-16-7-3-1-4-8-16)23-18-11-12-19-20(14-18)27-22(24-19)26-15-17-9-5-2-6-10-17/h1-12,14H,13,15H2,(H,23,25). The first-order chi connectivity index (χ1) is 13.3. The summed E-state index contributed by atoms with van der Waals surface area (Å²) in [5.74, 6) is 0.894. The number of anilines is 1. The maximum absolute atomic E-state index is 12.3. The van der Waals surface area contributed by atoms with Crippen LogP contribution in [0, 0.1) is 0 Å². The number of hydrogen-bond donors (Lipinski definition) is 1. The van der Waals surface area contributed by atoms with Crippen molar-refractivity contribution < 1.29 is 4.79 Å². The highest BCUT2D eigenvalue weighted by Gasteiger charge is 2.08. The minimum absolute atomic E-state index is 0.0104. The molecule has 27 heavy (non-hydrogen) atoms. The van der Waals surface area contributed by atoms with Crippen LogP contribution in [0.25, 0.3) is 10.2 Å². The Bertz CT molecular complexity index is 1050. The molecule has 0 spiro atoms. The van der Waals surface area contributed by atoms with Gasteiger partial charge in [-0.15, -0.1) is 11.3 Å². The van der Waals surface area contributed by atoms with Gasteiger partial charge in [-0.1, -0.05) is 72.4 Å². The van der Waals surface area contributed by atoms with Crippen molar-refractivity contribution in [3.63, 3.8) is 0 Å². The van der Waals surface area contributed by atoms with Gasteiger partial charge in [-0.2, -0.15) is 0 Å². The number of carbonyl (C=O) groups is 1. The van der Waals surface area contributed by atoms with Crippen LogP contribution in [-0.4, -0.2) is 10.9 Å². The van der Waals surface area contributed by atoms with Crippen LogP contribution < -0.4 is 5.32 Å². The molecule has 1 heterocycles. The summed E-state index contributed by atoms with van der Waals surface area (Å²) in [5, 5.41) is 2.98. The van der Waals surface area contributed by atoms with E-state index in [1.54, 1.807) is 23.1 Å². The lowest BCUT2D eigenvalue weighted by atomic mass is 10.1. The topological polar surface area (TPSA) is 42.0 Å². The number of amides is 1. The zero-order valence-electron chi connectivity index (χ0n) is 14.6. The van der Waals surface area contributed by atoms with Crippen LogP contribution >= 0.6 is 23.1 Å². The fraction of sp³-hybridized carbons (Fsp3) is 0.0909. The number of nitrogens with one attached hydrogen (secondary N) is 1. The fourth-order valence-electron chi connectivity index (χ4n) is 2.75. The average molecular weight is 391 g/mol. The van der Waals surface area contributed by atoms with Gasteiger partial charge in [0.2, 0.25) is 5.91 Å². The molecule has 0 aliphatic heterocycles. The van der Waals surface area contributed by atoms with Crippen molar-refractivity contribution in [1.82, 2.24) is 4.98 Å². The third kappa shape index (κ3) is 4.76. The van der Waals surface area contributed by atoms with E-state index in [2.05, 4.69) is 34.6 Å². The first kappa shape index (κ1) is 17.8. The normalized spacial score (nSPS) is 10.8. The van der Waals surface area contributed by atoms with Crippen molar-refractivity contribution >= 4 is 44.9 Å². The summed E-state index contributed by atoms with van der Waals surface area (Å²) >= 11 is 3.40. The smallest absolute Gasteiger partial charge is 0.228 e. The average Bonchev–Trinajstić information content (AvgIpc) is 3.10. The lowest BCUT2D eigenvalue weighted by molar-refractivity contribution is -0.115. The molecular formula is C22H18N2OS2. The van der Waals surface area contributed by atoms with E-state index in [4.69, 9.17) is 0 Å². The number of aromatic nitrogens is 1. The number of hydrogen-bond acceptors (Lipinski definition) is 4. The number of nitrogens with zero attached hydrogens (tertiary/aromatic N) is 1. The maximum Gasteiger partial charge on any atom is 0.228 e. The van der Waals surface area contributed by atoms with E-state index in [0.717, 1.165) is 31.6 Å². The Balaban J connectivity index is 1.42. The summed E-state index contributed by atoms with van der Waals surface area (Å²) in [7, 11) is 0. The molecule has 0 radical (unpaired) electrons. The molecule has 5 heteroatoms. The molecule has 0 aliphatic carbocycles. The van der Waals surface area contributed by atoms with Gasteiger partial charge in [0.05, 0.1) is 16.6 Å². The van der Waals surface area contributed by atoms with Crippen LogP contribution in [0.15, 0.2) is 83.2 Å². The van der Waals surface area contributed by atoms with E-state index in [9.17, 15) is 4.79 Å². The van der Waals surface area contributed by atoms with Crippen molar-refractivity contribution in [2.45, 2.75) is 16.5 Å². The molecule has 0 saturated heterocycles. The monoisotopic (exact) mass is 390 g/mol.